The smallest absolute Gasteiger partial charge is 0.319 e. The van der Waals surface area contributed by atoms with Gasteiger partial charge in [0.1, 0.15) is 12.1 Å². The Morgan fingerprint density at radius 3 is 2.61 bits per heavy atom. The fourth-order valence-electron chi connectivity index (χ4n) is 4.77. The number of urea groups is 1. The minimum atomic E-state index is -1.03. The van der Waals surface area contributed by atoms with Crippen LogP contribution in [0.15, 0.2) is 48.5 Å². The van der Waals surface area contributed by atoms with Crippen LogP contribution >= 0.6 is 0 Å². The molecular formula is C22H21N3O3. The summed E-state index contributed by atoms with van der Waals surface area (Å²) in [7, 11) is 0. The first-order valence-corrected chi connectivity index (χ1v) is 9.71. The van der Waals surface area contributed by atoms with E-state index in [1.807, 2.05) is 48.5 Å². The van der Waals surface area contributed by atoms with Gasteiger partial charge in [0.05, 0.1) is 0 Å². The lowest BCUT2D eigenvalue weighted by Gasteiger charge is -2.33. The second-order valence-electron chi connectivity index (χ2n) is 7.66. The first-order chi connectivity index (χ1) is 13.6. The number of hydrogen-bond donors (Lipinski definition) is 1. The lowest BCUT2D eigenvalue weighted by atomic mass is 9.76. The molecule has 1 atom stereocenters. The van der Waals surface area contributed by atoms with Gasteiger partial charge in [0, 0.05) is 12.2 Å². The Kier molecular flexibility index (Phi) is 3.75. The molecule has 4 amide bonds. The number of aryl methyl sites for hydroxylation is 1. The molecule has 1 aliphatic carbocycles. The van der Waals surface area contributed by atoms with E-state index in [2.05, 4.69) is 5.32 Å². The van der Waals surface area contributed by atoms with E-state index in [1.165, 1.54) is 0 Å². The van der Waals surface area contributed by atoms with E-state index in [4.69, 9.17) is 0 Å². The van der Waals surface area contributed by atoms with Gasteiger partial charge in [-0.1, -0.05) is 42.5 Å². The molecule has 3 aliphatic rings. The second kappa shape index (κ2) is 6.19. The van der Waals surface area contributed by atoms with Crippen LogP contribution in [-0.2, 0) is 28.0 Å². The van der Waals surface area contributed by atoms with Crippen LogP contribution in [0, 0.1) is 0 Å². The molecule has 1 unspecified atom stereocenters. The van der Waals surface area contributed by atoms with Crippen molar-refractivity contribution < 1.29 is 14.4 Å². The zero-order valence-electron chi connectivity index (χ0n) is 15.5. The summed E-state index contributed by atoms with van der Waals surface area (Å²) in [5.74, 6) is -0.542. The van der Waals surface area contributed by atoms with Gasteiger partial charge in [0.2, 0.25) is 5.91 Å². The van der Waals surface area contributed by atoms with Crippen LogP contribution in [0.3, 0.4) is 0 Å². The molecule has 0 saturated carbocycles. The number of carbonyl (C=O) groups excluding carboxylic acids is 3. The molecule has 2 aromatic carbocycles. The minimum Gasteiger partial charge on any atom is -0.319 e. The molecule has 2 aromatic rings. The Morgan fingerprint density at radius 1 is 1.00 bits per heavy atom. The molecule has 1 saturated heterocycles. The Bertz CT molecular complexity index is 1000. The zero-order chi connectivity index (χ0) is 19.3. The fourth-order valence-corrected chi connectivity index (χ4v) is 4.77. The number of para-hydroxylation sites is 1. The minimum absolute atomic E-state index is 0.227. The topological polar surface area (TPSA) is 69.7 Å². The van der Waals surface area contributed by atoms with Crippen molar-refractivity contribution in [2.45, 2.75) is 31.2 Å². The first-order valence-electron chi connectivity index (χ1n) is 9.71. The van der Waals surface area contributed by atoms with Crippen molar-refractivity contribution >= 4 is 23.5 Å². The number of nitrogens with one attached hydrogen (secondary N) is 1. The van der Waals surface area contributed by atoms with Gasteiger partial charge in [-0.2, -0.15) is 0 Å². The van der Waals surface area contributed by atoms with Gasteiger partial charge in [-0.25, -0.2) is 4.79 Å². The van der Waals surface area contributed by atoms with E-state index in [-0.39, 0.29) is 18.4 Å². The van der Waals surface area contributed by atoms with E-state index in [9.17, 15) is 14.4 Å². The largest absolute Gasteiger partial charge is 0.325 e. The van der Waals surface area contributed by atoms with Crippen molar-refractivity contribution in [2.75, 3.05) is 18.0 Å². The van der Waals surface area contributed by atoms with Crippen LogP contribution in [0.25, 0.3) is 0 Å². The van der Waals surface area contributed by atoms with Gasteiger partial charge >= 0.3 is 6.03 Å². The van der Waals surface area contributed by atoms with Gasteiger partial charge in [0.25, 0.3) is 5.91 Å². The maximum Gasteiger partial charge on any atom is 0.325 e. The van der Waals surface area contributed by atoms with Gasteiger partial charge in [0.15, 0.2) is 0 Å². The molecule has 0 radical (unpaired) electrons. The van der Waals surface area contributed by atoms with Crippen LogP contribution in [0.1, 0.15) is 29.5 Å². The number of imide groups is 1. The summed E-state index contributed by atoms with van der Waals surface area (Å²) in [6, 6.07) is 15.0. The highest BCUT2D eigenvalue weighted by atomic mass is 16.2. The van der Waals surface area contributed by atoms with E-state index in [0.29, 0.717) is 13.0 Å². The third kappa shape index (κ3) is 2.37. The average molecular weight is 375 g/mol. The summed E-state index contributed by atoms with van der Waals surface area (Å²) in [5, 5.41) is 2.91. The molecule has 5 rings (SSSR count). The van der Waals surface area contributed by atoms with E-state index >= 15 is 0 Å². The molecule has 142 valence electrons. The van der Waals surface area contributed by atoms with Crippen molar-refractivity contribution in [1.82, 2.24) is 10.2 Å². The first kappa shape index (κ1) is 17.0. The molecule has 6 heteroatoms. The highest BCUT2D eigenvalue weighted by molar-refractivity contribution is 6.11. The Balaban J connectivity index is 1.42. The van der Waals surface area contributed by atoms with Gasteiger partial charge in [-0.05, 0) is 48.4 Å². The Morgan fingerprint density at radius 2 is 1.75 bits per heavy atom. The number of rotatable bonds is 2. The number of carbonyl (C=O) groups is 3. The molecular weight excluding hydrogens is 354 g/mol. The van der Waals surface area contributed by atoms with E-state index < -0.39 is 11.6 Å². The monoisotopic (exact) mass is 375 g/mol. The Labute approximate surface area is 163 Å². The van der Waals surface area contributed by atoms with Crippen LogP contribution in [0.5, 0.6) is 0 Å². The average Bonchev–Trinajstić information content (AvgIpc) is 3.24. The number of nitrogens with zero attached hydrogens (tertiary/aromatic N) is 2. The lowest BCUT2D eigenvalue weighted by Crippen LogP contribution is -2.47. The predicted octanol–water partition coefficient (Wildman–Crippen LogP) is 2.36. The molecule has 2 aliphatic heterocycles. The highest BCUT2D eigenvalue weighted by Crippen LogP contribution is 2.40. The van der Waals surface area contributed by atoms with Crippen molar-refractivity contribution in [2.24, 2.45) is 0 Å². The SMILES string of the molecule is O=C1NC2(CCCc3ccccc32)C(=O)N1CC(=O)N1CCc2ccccc21. The molecule has 0 aromatic heterocycles. The Hall–Kier alpha value is -3.15. The molecule has 0 bridgehead atoms. The molecule has 1 N–H and O–H groups in total. The fraction of sp³-hybridized carbons (Fsp3) is 0.318. The van der Waals surface area contributed by atoms with Crippen molar-refractivity contribution in [3.8, 4) is 0 Å². The van der Waals surface area contributed by atoms with Crippen molar-refractivity contribution in [3.63, 3.8) is 0 Å². The van der Waals surface area contributed by atoms with Gasteiger partial charge in [-0.15, -0.1) is 0 Å². The quantitative estimate of drug-likeness (QED) is 0.820. The highest BCUT2D eigenvalue weighted by Gasteiger charge is 2.54. The molecule has 2 heterocycles. The maximum absolute atomic E-state index is 13.3. The molecule has 1 fully saturated rings. The number of amides is 4. The van der Waals surface area contributed by atoms with Crippen LogP contribution < -0.4 is 10.2 Å². The van der Waals surface area contributed by atoms with Crippen LogP contribution in [0.2, 0.25) is 0 Å². The number of anilines is 1. The van der Waals surface area contributed by atoms with Gasteiger partial charge in [-0.3, -0.25) is 14.5 Å². The van der Waals surface area contributed by atoms with E-state index in [0.717, 1.165) is 46.5 Å². The molecule has 28 heavy (non-hydrogen) atoms. The second-order valence-corrected chi connectivity index (χ2v) is 7.66. The predicted molar refractivity (Wildman–Crippen MR) is 104 cm³/mol. The number of fused-ring (bicyclic) bond motifs is 3. The van der Waals surface area contributed by atoms with Crippen molar-refractivity contribution in [3.05, 3.63) is 65.2 Å². The maximum atomic E-state index is 13.3. The van der Waals surface area contributed by atoms with E-state index in [1.54, 1.807) is 4.90 Å². The molecule has 1 spiro atoms. The van der Waals surface area contributed by atoms with Gasteiger partial charge < -0.3 is 10.2 Å². The third-order valence-electron chi connectivity index (χ3n) is 6.13. The van der Waals surface area contributed by atoms with Crippen LogP contribution in [-0.4, -0.2) is 35.8 Å². The summed E-state index contributed by atoms with van der Waals surface area (Å²) in [4.78, 5) is 41.7. The summed E-state index contributed by atoms with van der Waals surface area (Å²) >= 11 is 0. The number of benzene rings is 2. The standard InChI is InChI=1S/C22H21N3O3/c26-19(24-13-11-16-7-2-4-10-18(16)24)14-25-20(27)22(23-21(25)28)12-5-8-15-6-1-3-9-17(15)22/h1-4,6-7,9-10H,5,8,11-14H2,(H,23,28). The lowest BCUT2D eigenvalue weighted by molar-refractivity contribution is -0.135. The summed E-state index contributed by atoms with van der Waals surface area (Å²) < 4.78 is 0. The third-order valence-corrected chi connectivity index (χ3v) is 6.13. The molecule has 6 nitrogen and oxygen atoms in total. The summed E-state index contributed by atoms with van der Waals surface area (Å²) in [6.45, 7) is 0.346. The van der Waals surface area contributed by atoms with Crippen molar-refractivity contribution in [1.29, 1.82) is 0 Å². The summed E-state index contributed by atoms with van der Waals surface area (Å²) in [6.07, 6.45) is 3.07. The van der Waals surface area contributed by atoms with Crippen LogP contribution in [0.4, 0.5) is 10.5 Å². The normalized spacial score (nSPS) is 23.0. The summed E-state index contributed by atoms with van der Waals surface area (Å²) in [5.41, 5.74) is 2.91. The number of hydrogen-bond acceptors (Lipinski definition) is 3. The zero-order valence-corrected chi connectivity index (χ0v) is 15.5.